The van der Waals surface area contributed by atoms with E-state index >= 15 is 0 Å². The fraction of sp³-hybridized carbons (Fsp3) is 0.188. The number of aromatic hydroxyl groups is 1. The summed E-state index contributed by atoms with van der Waals surface area (Å²) in [6.07, 6.45) is 0.343. The van der Waals surface area contributed by atoms with E-state index in [1.165, 1.54) is 18.2 Å². The average Bonchev–Trinajstić information content (AvgIpc) is 3.06. The Hall–Kier alpha value is -3.49. The van der Waals surface area contributed by atoms with Crippen LogP contribution in [0.5, 0.6) is 5.75 Å². The SMILES string of the molecule is Cc1cc(C2=NNC(c3cccc([N+](=O)[O-])c3)C2)c(O)c([N+](=O)[O-])c1. The molecule has 1 heterocycles. The van der Waals surface area contributed by atoms with Crippen molar-refractivity contribution in [1.82, 2.24) is 5.43 Å². The van der Waals surface area contributed by atoms with Crippen LogP contribution >= 0.6 is 0 Å². The number of aryl methyl sites for hydroxylation is 1. The lowest BCUT2D eigenvalue weighted by atomic mass is 9.97. The van der Waals surface area contributed by atoms with E-state index in [9.17, 15) is 25.3 Å². The van der Waals surface area contributed by atoms with Gasteiger partial charge in [-0.05, 0) is 24.1 Å². The minimum absolute atomic E-state index is 0.0261. The largest absolute Gasteiger partial charge is 0.502 e. The number of nitro benzene ring substituents is 2. The molecule has 0 aliphatic carbocycles. The topological polar surface area (TPSA) is 131 Å². The minimum atomic E-state index is -0.646. The number of benzene rings is 2. The Morgan fingerprint density at radius 1 is 1.20 bits per heavy atom. The van der Waals surface area contributed by atoms with Gasteiger partial charge in [-0.25, -0.2) is 0 Å². The Balaban J connectivity index is 1.90. The minimum Gasteiger partial charge on any atom is -0.502 e. The molecule has 1 atom stereocenters. The highest BCUT2D eigenvalue weighted by molar-refractivity contribution is 6.05. The number of rotatable bonds is 4. The van der Waals surface area contributed by atoms with E-state index in [0.717, 1.165) is 0 Å². The van der Waals surface area contributed by atoms with Crippen LogP contribution in [0.2, 0.25) is 0 Å². The number of nitrogens with zero attached hydrogens (tertiary/aromatic N) is 3. The number of nitrogens with one attached hydrogen (secondary N) is 1. The van der Waals surface area contributed by atoms with Gasteiger partial charge in [0.2, 0.25) is 5.75 Å². The van der Waals surface area contributed by atoms with Crippen LogP contribution in [-0.2, 0) is 0 Å². The Morgan fingerprint density at radius 3 is 2.64 bits per heavy atom. The molecule has 0 amide bonds. The van der Waals surface area contributed by atoms with E-state index in [-0.39, 0.29) is 23.0 Å². The lowest BCUT2D eigenvalue weighted by Crippen LogP contribution is -2.10. The van der Waals surface area contributed by atoms with E-state index in [4.69, 9.17) is 0 Å². The van der Waals surface area contributed by atoms with Crippen molar-refractivity contribution in [2.45, 2.75) is 19.4 Å². The molecule has 1 aliphatic rings. The Morgan fingerprint density at radius 2 is 1.96 bits per heavy atom. The second-order valence-electron chi connectivity index (χ2n) is 5.73. The lowest BCUT2D eigenvalue weighted by Gasteiger charge is -2.10. The fourth-order valence-corrected chi connectivity index (χ4v) is 2.78. The monoisotopic (exact) mass is 342 g/mol. The first-order valence-electron chi connectivity index (χ1n) is 7.41. The molecule has 9 heteroatoms. The summed E-state index contributed by atoms with van der Waals surface area (Å²) in [6, 6.07) is 8.78. The molecule has 9 nitrogen and oxygen atoms in total. The zero-order valence-electron chi connectivity index (χ0n) is 13.2. The summed E-state index contributed by atoms with van der Waals surface area (Å²) in [5.41, 5.74) is 4.51. The second-order valence-corrected chi connectivity index (χ2v) is 5.73. The molecule has 2 N–H and O–H groups in total. The van der Waals surface area contributed by atoms with Gasteiger partial charge in [-0.2, -0.15) is 5.10 Å². The van der Waals surface area contributed by atoms with Crippen LogP contribution in [0.3, 0.4) is 0 Å². The summed E-state index contributed by atoms with van der Waals surface area (Å²) in [5, 5.41) is 36.3. The van der Waals surface area contributed by atoms with Crippen LogP contribution in [-0.4, -0.2) is 20.7 Å². The van der Waals surface area contributed by atoms with Crippen LogP contribution in [0.4, 0.5) is 11.4 Å². The number of nitro groups is 2. The molecule has 0 saturated heterocycles. The smallest absolute Gasteiger partial charge is 0.311 e. The van der Waals surface area contributed by atoms with E-state index in [1.54, 1.807) is 25.1 Å². The summed E-state index contributed by atoms with van der Waals surface area (Å²) in [6.45, 7) is 1.69. The van der Waals surface area contributed by atoms with Gasteiger partial charge in [0.05, 0.1) is 21.6 Å². The van der Waals surface area contributed by atoms with Crippen molar-refractivity contribution in [3.05, 3.63) is 73.3 Å². The van der Waals surface area contributed by atoms with Gasteiger partial charge in [-0.1, -0.05) is 12.1 Å². The first-order valence-corrected chi connectivity index (χ1v) is 7.41. The van der Waals surface area contributed by atoms with Gasteiger partial charge in [0.1, 0.15) is 0 Å². The number of hydrogen-bond donors (Lipinski definition) is 2. The van der Waals surface area contributed by atoms with Crippen molar-refractivity contribution < 1.29 is 15.0 Å². The average molecular weight is 342 g/mol. The summed E-state index contributed by atoms with van der Waals surface area (Å²) < 4.78 is 0. The van der Waals surface area contributed by atoms with Gasteiger partial charge in [-0.15, -0.1) is 0 Å². The first-order chi connectivity index (χ1) is 11.9. The molecule has 0 saturated carbocycles. The maximum Gasteiger partial charge on any atom is 0.311 e. The third-order valence-electron chi connectivity index (χ3n) is 3.98. The van der Waals surface area contributed by atoms with E-state index < -0.39 is 15.6 Å². The van der Waals surface area contributed by atoms with Crippen molar-refractivity contribution in [1.29, 1.82) is 0 Å². The summed E-state index contributed by atoms with van der Waals surface area (Å²) in [4.78, 5) is 20.8. The number of non-ortho nitro benzene ring substituents is 1. The van der Waals surface area contributed by atoms with Crippen LogP contribution in [0.1, 0.15) is 29.2 Å². The highest BCUT2D eigenvalue weighted by Gasteiger charge is 2.27. The number of hydrazone groups is 1. The number of phenols is 1. The molecule has 1 aliphatic heterocycles. The van der Waals surface area contributed by atoms with Crippen LogP contribution in [0, 0.1) is 27.2 Å². The molecule has 25 heavy (non-hydrogen) atoms. The molecule has 0 aromatic heterocycles. The summed E-state index contributed by atoms with van der Waals surface area (Å²) >= 11 is 0. The zero-order valence-corrected chi connectivity index (χ0v) is 13.2. The van der Waals surface area contributed by atoms with Crippen molar-refractivity contribution in [3.8, 4) is 5.75 Å². The van der Waals surface area contributed by atoms with Crippen molar-refractivity contribution in [3.63, 3.8) is 0 Å². The maximum absolute atomic E-state index is 11.1. The second kappa shape index (κ2) is 6.19. The van der Waals surface area contributed by atoms with Crippen molar-refractivity contribution in [2.75, 3.05) is 0 Å². The van der Waals surface area contributed by atoms with Crippen LogP contribution < -0.4 is 5.43 Å². The van der Waals surface area contributed by atoms with Crippen LogP contribution in [0.15, 0.2) is 41.5 Å². The molecule has 2 aromatic carbocycles. The van der Waals surface area contributed by atoms with Gasteiger partial charge < -0.3 is 10.5 Å². The normalized spacial score (nSPS) is 16.2. The van der Waals surface area contributed by atoms with Gasteiger partial charge in [0.15, 0.2) is 0 Å². The Bertz CT molecular complexity index is 909. The molecule has 0 radical (unpaired) electrons. The van der Waals surface area contributed by atoms with Crippen molar-refractivity contribution in [2.24, 2.45) is 5.10 Å². The molecule has 0 spiro atoms. The molecule has 0 fully saturated rings. The highest BCUT2D eigenvalue weighted by atomic mass is 16.6. The molecule has 1 unspecified atom stereocenters. The molecule has 2 aromatic rings. The number of hydrogen-bond acceptors (Lipinski definition) is 7. The lowest BCUT2D eigenvalue weighted by molar-refractivity contribution is -0.385. The number of phenolic OH excluding ortho intramolecular Hbond substituents is 1. The summed E-state index contributed by atoms with van der Waals surface area (Å²) in [5.74, 6) is -0.434. The molecule has 3 rings (SSSR count). The molecule has 128 valence electrons. The van der Waals surface area contributed by atoms with E-state index in [2.05, 4.69) is 10.5 Å². The standard InChI is InChI=1S/C16H14N4O5/c1-9-5-12(16(21)15(6-9)20(24)25)14-8-13(17-18-14)10-3-2-4-11(7-10)19(22)23/h2-7,13,17,21H,8H2,1H3. The first kappa shape index (κ1) is 16.4. The zero-order chi connectivity index (χ0) is 18.1. The quantitative estimate of drug-likeness (QED) is 0.648. The van der Waals surface area contributed by atoms with E-state index in [1.807, 2.05) is 0 Å². The maximum atomic E-state index is 11.1. The molecule has 0 bridgehead atoms. The van der Waals surface area contributed by atoms with Gasteiger partial charge in [-0.3, -0.25) is 20.2 Å². The highest BCUT2D eigenvalue weighted by Crippen LogP contribution is 2.35. The third kappa shape index (κ3) is 3.11. The van der Waals surface area contributed by atoms with Gasteiger partial charge >= 0.3 is 5.69 Å². The van der Waals surface area contributed by atoms with Crippen molar-refractivity contribution >= 4 is 17.1 Å². The van der Waals surface area contributed by atoms with Crippen LogP contribution in [0.25, 0.3) is 0 Å². The summed E-state index contributed by atoms with van der Waals surface area (Å²) in [7, 11) is 0. The molecular weight excluding hydrogens is 328 g/mol. The predicted molar refractivity (Wildman–Crippen MR) is 89.6 cm³/mol. The molecular formula is C16H14N4O5. The fourth-order valence-electron chi connectivity index (χ4n) is 2.78. The Labute approximate surface area is 141 Å². The van der Waals surface area contributed by atoms with Gasteiger partial charge in [0, 0.05) is 30.2 Å². The van der Waals surface area contributed by atoms with Gasteiger partial charge in [0.25, 0.3) is 5.69 Å². The Kier molecular flexibility index (Phi) is 4.05. The third-order valence-corrected chi connectivity index (χ3v) is 3.98. The van der Waals surface area contributed by atoms with E-state index in [0.29, 0.717) is 23.3 Å². The predicted octanol–water partition coefficient (Wildman–Crippen LogP) is 2.96.